The van der Waals surface area contributed by atoms with E-state index in [2.05, 4.69) is 15.5 Å². The molecule has 1 unspecified atom stereocenters. The van der Waals surface area contributed by atoms with Crippen LogP contribution in [0.4, 0.5) is 0 Å². The number of hydrogen-bond acceptors (Lipinski definition) is 9. The van der Waals surface area contributed by atoms with Crippen LogP contribution in [0.15, 0.2) is 40.0 Å². The number of nitrogens with one attached hydrogen (secondary N) is 1. The molecule has 0 spiro atoms. The first-order valence-corrected chi connectivity index (χ1v) is 15.2. The topological polar surface area (TPSA) is 109 Å². The molecule has 9 nitrogen and oxygen atoms in total. The fraction of sp³-hybridized carbons (Fsp3) is 0.536. The van der Waals surface area contributed by atoms with E-state index in [-0.39, 0.29) is 30.1 Å². The van der Waals surface area contributed by atoms with Crippen LogP contribution in [0.5, 0.6) is 0 Å². The van der Waals surface area contributed by atoms with E-state index in [0.717, 1.165) is 41.6 Å². The van der Waals surface area contributed by atoms with E-state index in [0.29, 0.717) is 35.8 Å². The summed E-state index contributed by atoms with van der Waals surface area (Å²) < 4.78 is 6.76. The summed E-state index contributed by atoms with van der Waals surface area (Å²) >= 11 is 2.81. The van der Waals surface area contributed by atoms with Gasteiger partial charge in [-0.15, -0.1) is 33.9 Å². The predicted octanol–water partition coefficient (Wildman–Crippen LogP) is 5.51. The first-order valence-electron chi connectivity index (χ1n) is 13.4. The highest BCUT2D eigenvalue weighted by molar-refractivity contribution is 7.99. The van der Waals surface area contributed by atoms with Gasteiger partial charge in [-0.3, -0.25) is 14.4 Å². The normalized spacial score (nSPS) is 15.6. The van der Waals surface area contributed by atoms with Crippen LogP contribution in [0.3, 0.4) is 0 Å². The minimum Gasteiger partial charge on any atom is -0.408 e. The Bertz CT molecular complexity index is 1260. The molecule has 2 amide bonds. The Morgan fingerprint density at radius 1 is 1.18 bits per heavy atom. The fourth-order valence-electron chi connectivity index (χ4n) is 5.04. The lowest BCUT2D eigenvalue weighted by molar-refractivity contribution is -0.129. The summed E-state index contributed by atoms with van der Waals surface area (Å²) in [5, 5.41) is 12.6. The largest absolute Gasteiger partial charge is 0.408 e. The summed E-state index contributed by atoms with van der Waals surface area (Å²) in [7, 11) is 3.96. The van der Waals surface area contributed by atoms with Crippen molar-refractivity contribution < 1.29 is 18.8 Å². The van der Waals surface area contributed by atoms with Gasteiger partial charge in [-0.05, 0) is 69.6 Å². The highest BCUT2D eigenvalue weighted by Gasteiger charge is 2.45. The number of carbonyl (C=O) groups is 3. The van der Waals surface area contributed by atoms with Gasteiger partial charge in [0.1, 0.15) is 11.7 Å². The smallest absolute Gasteiger partial charge is 0.286 e. The van der Waals surface area contributed by atoms with E-state index in [9.17, 15) is 14.4 Å². The van der Waals surface area contributed by atoms with E-state index in [4.69, 9.17) is 4.42 Å². The number of benzene rings is 1. The number of Topliss-reactive ketones (excluding diaryl/α,β-unsaturated/α-hetero) is 1. The molecule has 1 atom stereocenters. The first-order chi connectivity index (χ1) is 18.7. The second-order valence-corrected chi connectivity index (χ2v) is 12.9. The molecule has 0 radical (unpaired) electrons. The van der Waals surface area contributed by atoms with E-state index in [1.54, 1.807) is 0 Å². The molecule has 1 saturated carbocycles. The fourth-order valence-corrected chi connectivity index (χ4v) is 6.87. The second kappa shape index (κ2) is 14.4. The number of thiophene rings is 1. The van der Waals surface area contributed by atoms with Gasteiger partial charge in [0.05, 0.1) is 4.88 Å². The highest BCUT2D eigenvalue weighted by Crippen LogP contribution is 2.35. The van der Waals surface area contributed by atoms with Crippen LogP contribution in [-0.4, -0.2) is 76.2 Å². The van der Waals surface area contributed by atoms with Crippen LogP contribution in [-0.2, 0) is 4.79 Å². The van der Waals surface area contributed by atoms with Gasteiger partial charge in [0.2, 0.25) is 12.2 Å². The van der Waals surface area contributed by atoms with Gasteiger partial charge in [0.25, 0.3) is 17.0 Å². The third-order valence-electron chi connectivity index (χ3n) is 7.00. The number of carbonyl (C=O) groups excluding carboxylic acids is 3. The number of fused-ring (bicyclic) bond motifs is 1. The average Bonchev–Trinajstić information content (AvgIpc) is 3.56. The van der Waals surface area contributed by atoms with Crippen molar-refractivity contribution in [2.75, 3.05) is 26.4 Å². The maximum atomic E-state index is 13.8. The Labute approximate surface area is 249 Å². The van der Waals surface area contributed by atoms with Gasteiger partial charge in [-0.25, -0.2) is 0 Å². The maximum absolute atomic E-state index is 13.8. The van der Waals surface area contributed by atoms with Crippen molar-refractivity contribution in [3.8, 4) is 0 Å². The highest BCUT2D eigenvalue weighted by atomic mass is 35.5. The third-order valence-corrected chi connectivity index (χ3v) is 8.91. The molecule has 1 aromatic carbocycles. The van der Waals surface area contributed by atoms with Gasteiger partial charge in [0.15, 0.2) is 0 Å². The van der Waals surface area contributed by atoms with E-state index >= 15 is 0 Å². The monoisotopic (exact) mass is 607 g/mol. The summed E-state index contributed by atoms with van der Waals surface area (Å²) in [5.74, 6) is 0.103. The molecular formula is C28H38ClN5O4S2. The summed E-state index contributed by atoms with van der Waals surface area (Å²) in [6.07, 6.45) is 4.94. The van der Waals surface area contributed by atoms with Crippen LogP contribution in [0.1, 0.15) is 72.7 Å². The quantitative estimate of drug-likeness (QED) is 0.117. The van der Waals surface area contributed by atoms with Crippen LogP contribution in [0.25, 0.3) is 10.1 Å². The molecule has 1 N–H and O–H groups in total. The van der Waals surface area contributed by atoms with Crippen LogP contribution >= 0.6 is 35.5 Å². The Balaban J connectivity index is 0.00000441. The van der Waals surface area contributed by atoms with Crippen molar-refractivity contribution in [3.05, 3.63) is 41.1 Å². The average molecular weight is 608 g/mol. The molecule has 1 aliphatic carbocycles. The lowest BCUT2D eigenvalue weighted by Gasteiger charge is -2.48. The zero-order chi connectivity index (χ0) is 28.0. The van der Waals surface area contributed by atoms with Crippen molar-refractivity contribution >= 4 is 63.7 Å². The summed E-state index contributed by atoms with van der Waals surface area (Å²) in [6.45, 7) is 4.83. The number of ketones is 1. The molecular weight excluding hydrogens is 570 g/mol. The van der Waals surface area contributed by atoms with Gasteiger partial charge >= 0.3 is 0 Å². The molecule has 218 valence electrons. The van der Waals surface area contributed by atoms with Crippen LogP contribution in [0, 0.1) is 5.92 Å². The summed E-state index contributed by atoms with van der Waals surface area (Å²) in [4.78, 5) is 44.3. The second-order valence-electron chi connectivity index (χ2n) is 10.7. The maximum Gasteiger partial charge on any atom is 0.286 e. The van der Waals surface area contributed by atoms with Crippen LogP contribution in [0.2, 0.25) is 0 Å². The lowest BCUT2D eigenvalue weighted by Crippen LogP contribution is -2.65. The van der Waals surface area contributed by atoms with Crippen molar-refractivity contribution in [1.82, 2.24) is 25.3 Å². The van der Waals surface area contributed by atoms with E-state index in [1.165, 1.54) is 28.0 Å². The van der Waals surface area contributed by atoms with Crippen molar-refractivity contribution in [3.63, 3.8) is 0 Å². The Morgan fingerprint density at radius 3 is 2.55 bits per heavy atom. The van der Waals surface area contributed by atoms with Crippen LogP contribution < -0.4 is 5.32 Å². The number of rotatable bonds is 13. The molecule has 4 rings (SSSR count). The van der Waals surface area contributed by atoms with Crippen molar-refractivity contribution in [2.24, 2.45) is 5.92 Å². The molecule has 0 saturated heterocycles. The molecule has 12 heteroatoms. The molecule has 2 heterocycles. The Hall–Kier alpha value is -2.47. The predicted molar refractivity (Wildman–Crippen MR) is 161 cm³/mol. The number of aromatic nitrogens is 2. The number of halogens is 1. The van der Waals surface area contributed by atoms with Gasteiger partial charge < -0.3 is 19.5 Å². The number of hydrogen-bond donors (Lipinski definition) is 1. The van der Waals surface area contributed by atoms with E-state index < -0.39 is 17.5 Å². The minimum absolute atomic E-state index is 0. The minimum atomic E-state index is -0.980. The summed E-state index contributed by atoms with van der Waals surface area (Å²) in [5.41, 5.74) is -0.980. The molecule has 1 aliphatic rings. The number of thioether (sulfide) groups is 1. The zero-order valence-electron chi connectivity index (χ0n) is 23.4. The third kappa shape index (κ3) is 7.63. The lowest BCUT2D eigenvalue weighted by atomic mass is 9.85. The number of amides is 2. The standard InChI is InChI=1S/C28H37N5O4S2.ClH/c1-19(2)16-21(24(35)26-30-31-27(37-26)38-15-14-32(3)4)33(18-34)28(12-8-5-9-13-28)29-25(36)23-17-20-10-6-7-11-22(20)39-23;/h6-7,10-11,17-19,21H,5,8-9,12-16H2,1-4H3,(H,29,36);1H. The molecule has 2 aromatic heterocycles. The van der Waals surface area contributed by atoms with Gasteiger partial charge in [0, 0.05) is 17.0 Å². The molecule has 3 aromatic rings. The Morgan fingerprint density at radius 2 is 1.90 bits per heavy atom. The Kier molecular flexibility index (Phi) is 11.6. The van der Waals surface area contributed by atoms with Crippen molar-refractivity contribution in [1.29, 1.82) is 0 Å². The molecule has 1 fully saturated rings. The van der Waals surface area contributed by atoms with Crippen molar-refractivity contribution in [2.45, 2.75) is 69.3 Å². The molecule has 40 heavy (non-hydrogen) atoms. The van der Waals surface area contributed by atoms with Gasteiger partial charge in [-0.1, -0.05) is 50.2 Å². The van der Waals surface area contributed by atoms with E-state index in [1.807, 2.05) is 63.2 Å². The molecule has 0 bridgehead atoms. The molecule has 0 aliphatic heterocycles. The number of nitrogens with zero attached hydrogens (tertiary/aromatic N) is 4. The zero-order valence-corrected chi connectivity index (χ0v) is 25.9. The first kappa shape index (κ1) is 32.0. The van der Waals surface area contributed by atoms with Gasteiger partial charge in [-0.2, -0.15) is 0 Å². The SMILES string of the molecule is CC(C)CC(C(=O)c1nnc(SCCN(C)C)o1)N(C=O)C1(NC(=O)c2cc3ccccc3s2)CCCCC1.Cl. The summed E-state index contributed by atoms with van der Waals surface area (Å²) in [6, 6.07) is 8.89.